The molecule has 0 fully saturated rings. The van der Waals surface area contributed by atoms with Crippen molar-refractivity contribution >= 4 is 17.2 Å². The first-order chi connectivity index (χ1) is 7.00. The van der Waals surface area contributed by atoms with Crippen molar-refractivity contribution in [3.05, 3.63) is 21.4 Å². The Labute approximate surface area is 94.4 Å². The minimum Gasteiger partial charge on any atom is -0.273 e. The summed E-state index contributed by atoms with van der Waals surface area (Å²) in [5, 5.41) is 0. The maximum atomic E-state index is 11.6. The molecule has 1 aromatic rings. The number of rotatable bonds is 4. The van der Waals surface area contributed by atoms with Crippen LogP contribution in [0.2, 0.25) is 0 Å². The molecule has 1 amide bonds. The molecule has 0 spiro atoms. The molecule has 84 valence electrons. The third kappa shape index (κ3) is 3.64. The molecule has 0 saturated heterocycles. The molecule has 1 N–H and O–H groups in total. The average molecular weight is 227 g/mol. The highest BCUT2D eigenvalue weighted by atomic mass is 32.1. The molecule has 0 saturated carbocycles. The first kappa shape index (κ1) is 12.2. The highest BCUT2D eigenvalue weighted by Crippen LogP contribution is 2.20. The summed E-state index contributed by atoms with van der Waals surface area (Å²) in [6, 6.07) is 1.88. The third-order valence-corrected chi connectivity index (χ3v) is 2.83. The lowest BCUT2D eigenvalue weighted by atomic mass is 10.2. The molecule has 3 nitrogen and oxygen atoms in total. The van der Waals surface area contributed by atoms with E-state index in [1.165, 1.54) is 0 Å². The van der Waals surface area contributed by atoms with Crippen LogP contribution in [0.4, 0.5) is 0 Å². The molecule has 0 aromatic carbocycles. The quantitative estimate of drug-likeness (QED) is 0.803. The molecule has 0 atom stereocenters. The fourth-order valence-corrected chi connectivity index (χ4v) is 2.11. The van der Waals surface area contributed by atoms with E-state index in [0.717, 1.165) is 9.75 Å². The second kappa shape index (κ2) is 5.28. The van der Waals surface area contributed by atoms with Crippen LogP contribution in [0.5, 0.6) is 0 Å². The summed E-state index contributed by atoms with van der Waals surface area (Å²) in [4.78, 5) is 18.9. The van der Waals surface area contributed by atoms with Gasteiger partial charge in [-0.15, -0.1) is 11.3 Å². The zero-order chi connectivity index (χ0) is 11.4. The second-order valence-corrected chi connectivity index (χ2v) is 5.42. The Balaban J connectivity index is 2.50. The summed E-state index contributed by atoms with van der Waals surface area (Å²) >= 11 is 1.62. The number of thiophene rings is 1. The van der Waals surface area contributed by atoms with Crippen molar-refractivity contribution in [1.82, 2.24) is 5.48 Å². The summed E-state index contributed by atoms with van der Waals surface area (Å²) in [6.45, 7) is 8.53. The van der Waals surface area contributed by atoms with Gasteiger partial charge in [-0.05, 0) is 25.8 Å². The number of hydrogen-bond acceptors (Lipinski definition) is 3. The summed E-state index contributed by atoms with van der Waals surface area (Å²) in [6.07, 6.45) is 0. The van der Waals surface area contributed by atoms with Gasteiger partial charge in [-0.3, -0.25) is 9.63 Å². The van der Waals surface area contributed by atoms with Crippen molar-refractivity contribution in [2.45, 2.75) is 27.7 Å². The van der Waals surface area contributed by atoms with Gasteiger partial charge in [0.1, 0.15) is 0 Å². The lowest BCUT2D eigenvalue weighted by molar-refractivity contribution is 0.0208. The molecule has 0 radical (unpaired) electrons. The van der Waals surface area contributed by atoms with E-state index < -0.39 is 0 Å². The van der Waals surface area contributed by atoms with Gasteiger partial charge in [-0.1, -0.05) is 13.8 Å². The molecular formula is C11H17NO2S. The second-order valence-electron chi connectivity index (χ2n) is 3.96. The highest BCUT2D eigenvalue weighted by molar-refractivity contribution is 7.12. The summed E-state index contributed by atoms with van der Waals surface area (Å²) < 4.78 is 0. The van der Waals surface area contributed by atoms with Crippen molar-refractivity contribution in [3.8, 4) is 0 Å². The van der Waals surface area contributed by atoms with Gasteiger partial charge in [0.05, 0.1) is 12.2 Å². The maximum absolute atomic E-state index is 11.6. The van der Waals surface area contributed by atoms with Crippen LogP contribution in [0.3, 0.4) is 0 Å². The summed E-state index contributed by atoms with van der Waals surface area (Å²) in [5.41, 5.74) is 3.16. The molecule has 4 heteroatoms. The highest BCUT2D eigenvalue weighted by Gasteiger charge is 2.11. The van der Waals surface area contributed by atoms with Gasteiger partial charge in [0.2, 0.25) is 0 Å². The van der Waals surface area contributed by atoms with Crippen molar-refractivity contribution in [2.24, 2.45) is 5.92 Å². The molecule has 0 aliphatic carbocycles. The summed E-state index contributed by atoms with van der Waals surface area (Å²) in [5.74, 6) is 0.258. The number of aryl methyl sites for hydroxylation is 2. The molecule has 0 aliphatic heterocycles. The van der Waals surface area contributed by atoms with Gasteiger partial charge in [0.15, 0.2) is 0 Å². The van der Waals surface area contributed by atoms with Crippen LogP contribution in [0.25, 0.3) is 0 Å². The SMILES string of the molecule is Cc1cc(C(=O)NOCC(C)C)c(C)s1. The van der Waals surface area contributed by atoms with Crippen LogP contribution in [-0.4, -0.2) is 12.5 Å². The van der Waals surface area contributed by atoms with Gasteiger partial charge >= 0.3 is 0 Å². The lowest BCUT2D eigenvalue weighted by Gasteiger charge is -2.07. The predicted octanol–water partition coefficient (Wildman–Crippen LogP) is 2.68. The van der Waals surface area contributed by atoms with E-state index in [2.05, 4.69) is 5.48 Å². The zero-order valence-corrected chi connectivity index (χ0v) is 10.4. The molecule has 0 bridgehead atoms. The fourth-order valence-electron chi connectivity index (χ4n) is 1.19. The Morgan fingerprint density at radius 3 is 2.67 bits per heavy atom. The fraction of sp³-hybridized carbons (Fsp3) is 0.545. The van der Waals surface area contributed by atoms with Crippen LogP contribution >= 0.6 is 11.3 Å². The van der Waals surface area contributed by atoms with Crippen molar-refractivity contribution in [2.75, 3.05) is 6.61 Å². The molecule has 0 aliphatic rings. The van der Waals surface area contributed by atoms with Crippen LogP contribution < -0.4 is 5.48 Å². The van der Waals surface area contributed by atoms with E-state index >= 15 is 0 Å². The third-order valence-electron chi connectivity index (χ3n) is 1.87. The first-order valence-electron chi connectivity index (χ1n) is 5.00. The van der Waals surface area contributed by atoms with E-state index in [1.807, 2.05) is 33.8 Å². The molecular weight excluding hydrogens is 210 g/mol. The van der Waals surface area contributed by atoms with Crippen molar-refractivity contribution < 1.29 is 9.63 Å². The minimum atomic E-state index is -0.155. The molecule has 1 rings (SSSR count). The van der Waals surface area contributed by atoms with E-state index in [0.29, 0.717) is 18.1 Å². The topological polar surface area (TPSA) is 38.3 Å². The van der Waals surface area contributed by atoms with E-state index in [1.54, 1.807) is 11.3 Å². The van der Waals surface area contributed by atoms with E-state index in [-0.39, 0.29) is 5.91 Å². The predicted molar refractivity (Wildman–Crippen MR) is 62.0 cm³/mol. The number of carbonyl (C=O) groups excluding carboxylic acids is 1. The standard InChI is InChI=1S/C11H17NO2S/c1-7(2)6-14-12-11(13)10-5-8(3)15-9(10)4/h5,7H,6H2,1-4H3,(H,12,13). The lowest BCUT2D eigenvalue weighted by Crippen LogP contribution is -2.25. The van der Waals surface area contributed by atoms with Crippen LogP contribution in [-0.2, 0) is 4.84 Å². The zero-order valence-electron chi connectivity index (χ0n) is 9.59. The van der Waals surface area contributed by atoms with Gasteiger partial charge in [0.25, 0.3) is 5.91 Å². The van der Waals surface area contributed by atoms with Crippen LogP contribution in [0.15, 0.2) is 6.07 Å². The largest absolute Gasteiger partial charge is 0.275 e. The Bertz CT molecular complexity index is 344. The van der Waals surface area contributed by atoms with Crippen molar-refractivity contribution in [3.63, 3.8) is 0 Å². The Morgan fingerprint density at radius 2 is 2.20 bits per heavy atom. The molecule has 1 heterocycles. The molecule has 1 aromatic heterocycles. The minimum absolute atomic E-state index is 0.155. The Kier molecular flexibility index (Phi) is 4.29. The number of carbonyl (C=O) groups is 1. The average Bonchev–Trinajstić information content (AvgIpc) is 2.44. The maximum Gasteiger partial charge on any atom is 0.275 e. The molecule has 0 unspecified atom stereocenters. The van der Waals surface area contributed by atoms with Gasteiger partial charge in [-0.2, -0.15) is 0 Å². The number of hydroxylamine groups is 1. The summed E-state index contributed by atoms with van der Waals surface area (Å²) in [7, 11) is 0. The normalized spacial score (nSPS) is 10.7. The monoisotopic (exact) mass is 227 g/mol. The van der Waals surface area contributed by atoms with Crippen LogP contribution in [0.1, 0.15) is 34.0 Å². The van der Waals surface area contributed by atoms with Gasteiger partial charge in [-0.25, -0.2) is 5.48 Å². The Morgan fingerprint density at radius 1 is 1.53 bits per heavy atom. The van der Waals surface area contributed by atoms with E-state index in [9.17, 15) is 4.79 Å². The first-order valence-corrected chi connectivity index (χ1v) is 5.81. The van der Waals surface area contributed by atoms with Gasteiger partial charge in [0, 0.05) is 9.75 Å². The molecule has 15 heavy (non-hydrogen) atoms. The van der Waals surface area contributed by atoms with Gasteiger partial charge < -0.3 is 0 Å². The number of amides is 1. The Hall–Kier alpha value is -0.870. The van der Waals surface area contributed by atoms with Crippen LogP contribution in [0, 0.1) is 19.8 Å². The van der Waals surface area contributed by atoms with Crippen molar-refractivity contribution in [1.29, 1.82) is 0 Å². The smallest absolute Gasteiger partial charge is 0.273 e. The number of hydrogen-bond donors (Lipinski definition) is 1. The number of nitrogens with one attached hydrogen (secondary N) is 1. The van der Waals surface area contributed by atoms with E-state index in [4.69, 9.17) is 4.84 Å².